The van der Waals surface area contributed by atoms with Gasteiger partial charge < -0.3 is 4.74 Å². The van der Waals surface area contributed by atoms with E-state index in [1.807, 2.05) is 31.2 Å². The van der Waals surface area contributed by atoms with Crippen LogP contribution in [0.5, 0.6) is 0 Å². The smallest absolute Gasteiger partial charge is 0.254 e. The van der Waals surface area contributed by atoms with Gasteiger partial charge in [-0.2, -0.15) is 0 Å². The second-order valence-corrected chi connectivity index (χ2v) is 4.50. The molecule has 0 unspecified atom stereocenters. The first-order valence-electron chi connectivity index (χ1n) is 6.26. The fourth-order valence-corrected chi connectivity index (χ4v) is 1.98. The fourth-order valence-electron chi connectivity index (χ4n) is 1.98. The Bertz CT molecular complexity index is 383. The van der Waals surface area contributed by atoms with E-state index < -0.39 is 0 Å². The summed E-state index contributed by atoms with van der Waals surface area (Å²) >= 11 is 0. The van der Waals surface area contributed by atoms with Crippen LogP contribution in [0.15, 0.2) is 36.5 Å². The Labute approximate surface area is 108 Å². The van der Waals surface area contributed by atoms with Crippen molar-refractivity contribution >= 4 is 5.91 Å². The van der Waals surface area contributed by atoms with E-state index >= 15 is 0 Å². The van der Waals surface area contributed by atoms with Crippen molar-refractivity contribution < 1.29 is 14.4 Å². The lowest BCUT2D eigenvalue weighted by molar-refractivity contribution is -0.190. The Morgan fingerprint density at radius 1 is 1.39 bits per heavy atom. The van der Waals surface area contributed by atoms with Crippen molar-refractivity contribution in [3.8, 4) is 0 Å². The van der Waals surface area contributed by atoms with Crippen LogP contribution in [0.3, 0.4) is 0 Å². The van der Waals surface area contributed by atoms with E-state index in [4.69, 9.17) is 9.57 Å². The highest BCUT2D eigenvalue weighted by atomic mass is 16.7. The quantitative estimate of drug-likeness (QED) is 0.714. The maximum atomic E-state index is 12.1. The molecule has 2 aliphatic heterocycles. The second kappa shape index (κ2) is 5.98. The maximum Gasteiger partial charge on any atom is 0.254 e. The van der Waals surface area contributed by atoms with Gasteiger partial charge in [0.1, 0.15) is 0 Å². The molecule has 0 aromatic carbocycles. The van der Waals surface area contributed by atoms with Crippen LogP contribution in [0, 0.1) is 5.92 Å². The SMILES string of the molecule is C=C(/C=C\C=C/C)[C@@H]1CCON1C(=O)C1COC1. The third kappa shape index (κ3) is 2.71. The summed E-state index contributed by atoms with van der Waals surface area (Å²) < 4.78 is 5.04. The number of hydrogen-bond acceptors (Lipinski definition) is 3. The van der Waals surface area contributed by atoms with Crippen LogP contribution in [0.2, 0.25) is 0 Å². The summed E-state index contributed by atoms with van der Waals surface area (Å²) in [5.74, 6) is -0.0257. The number of ether oxygens (including phenoxy) is 1. The largest absolute Gasteiger partial charge is 0.380 e. The molecule has 1 amide bonds. The van der Waals surface area contributed by atoms with Crippen LogP contribution in [0.4, 0.5) is 0 Å². The van der Waals surface area contributed by atoms with E-state index in [0.717, 1.165) is 12.0 Å². The Morgan fingerprint density at radius 2 is 2.17 bits per heavy atom. The molecule has 4 nitrogen and oxygen atoms in total. The molecule has 2 saturated heterocycles. The third-order valence-electron chi connectivity index (χ3n) is 3.15. The molecule has 0 N–H and O–H groups in total. The molecule has 0 spiro atoms. The molecule has 18 heavy (non-hydrogen) atoms. The summed E-state index contributed by atoms with van der Waals surface area (Å²) in [7, 11) is 0. The van der Waals surface area contributed by atoms with Gasteiger partial charge >= 0.3 is 0 Å². The van der Waals surface area contributed by atoms with Gasteiger partial charge in [0.05, 0.1) is 31.8 Å². The average Bonchev–Trinajstić information content (AvgIpc) is 2.75. The Kier molecular flexibility index (Phi) is 4.33. The van der Waals surface area contributed by atoms with E-state index in [2.05, 4.69) is 6.58 Å². The number of allylic oxidation sites excluding steroid dienone is 3. The monoisotopic (exact) mass is 249 g/mol. The average molecular weight is 249 g/mol. The summed E-state index contributed by atoms with van der Waals surface area (Å²) in [5.41, 5.74) is 0.902. The molecule has 98 valence electrons. The van der Waals surface area contributed by atoms with E-state index in [1.165, 1.54) is 5.06 Å². The van der Waals surface area contributed by atoms with Crippen molar-refractivity contribution in [2.75, 3.05) is 19.8 Å². The van der Waals surface area contributed by atoms with Crippen molar-refractivity contribution in [2.45, 2.75) is 19.4 Å². The Morgan fingerprint density at radius 3 is 2.78 bits per heavy atom. The molecule has 0 bridgehead atoms. The summed E-state index contributed by atoms with van der Waals surface area (Å²) in [6, 6.07) is -0.0420. The lowest BCUT2D eigenvalue weighted by Gasteiger charge is -2.31. The molecule has 4 heteroatoms. The van der Waals surface area contributed by atoms with Gasteiger partial charge in [0, 0.05) is 6.42 Å². The lowest BCUT2D eigenvalue weighted by Crippen LogP contribution is -2.46. The van der Waals surface area contributed by atoms with Crippen molar-refractivity contribution in [3.63, 3.8) is 0 Å². The zero-order valence-corrected chi connectivity index (χ0v) is 10.7. The molecule has 2 rings (SSSR count). The van der Waals surface area contributed by atoms with Crippen LogP contribution in [-0.2, 0) is 14.4 Å². The third-order valence-corrected chi connectivity index (χ3v) is 3.15. The molecule has 0 aliphatic carbocycles. The molecule has 0 saturated carbocycles. The summed E-state index contributed by atoms with van der Waals surface area (Å²) in [5, 5.41) is 1.48. The van der Waals surface area contributed by atoms with Crippen molar-refractivity contribution in [2.24, 2.45) is 5.92 Å². The van der Waals surface area contributed by atoms with Crippen molar-refractivity contribution in [3.05, 3.63) is 36.5 Å². The van der Waals surface area contributed by atoms with Gasteiger partial charge in [0.2, 0.25) is 0 Å². The molecule has 0 aromatic heterocycles. The minimum atomic E-state index is -0.0436. The fraction of sp³-hybridized carbons (Fsp3) is 0.500. The molecule has 2 heterocycles. The van der Waals surface area contributed by atoms with Crippen LogP contribution in [0.25, 0.3) is 0 Å². The number of carbonyl (C=O) groups excluding carboxylic acids is 1. The zero-order chi connectivity index (χ0) is 13.0. The Hall–Kier alpha value is -1.39. The first kappa shape index (κ1) is 13.1. The van der Waals surface area contributed by atoms with Crippen LogP contribution < -0.4 is 0 Å². The molecule has 0 radical (unpaired) electrons. The summed E-state index contributed by atoms with van der Waals surface area (Å²) in [6.45, 7) is 7.56. The number of carbonyl (C=O) groups is 1. The Balaban J connectivity index is 1.98. The topological polar surface area (TPSA) is 38.8 Å². The van der Waals surface area contributed by atoms with Crippen LogP contribution in [-0.4, -0.2) is 36.8 Å². The van der Waals surface area contributed by atoms with Crippen molar-refractivity contribution in [1.82, 2.24) is 5.06 Å². The highest BCUT2D eigenvalue weighted by Crippen LogP contribution is 2.25. The minimum absolute atomic E-state index is 0.0179. The number of rotatable bonds is 4. The van der Waals surface area contributed by atoms with Crippen molar-refractivity contribution in [1.29, 1.82) is 0 Å². The zero-order valence-electron chi connectivity index (χ0n) is 10.7. The summed E-state index contributed by atoms with van der Waals surface area (Å²) in [4.78, 5) is 17.5. The van der Waals surface area contributed by atoms with E-state index in [9.17, 15) is 4.79 Å². The number of amides is 1. The highest BCUT2D eigenvalue weighted by molar-refractivity contribution is 5.79. The molecular formula is C14H19NO3. The summed E-state index contributed by atoms with van der Waals surface area (Å²) in [6.07, 6.45) is 8.54. The first-order valence-corrected chi connectivity index (χ1v) is 6.26. The predicted octanol–water partition coefficient (Wildman–Crippen LogP) is 1.85. The van der Waals surface area contributed by atoms with Gasteiger partial charge in [0.15, 0.2) is 0 Å². The molecular weight excluding hydrogens is 230 g/mol. The maximum absolute atomic E-state index is 12.1. The van der Waals surface area contributed by atoms with Gasteiger partial charge in [0.25, 0.3) is 5.91 Å². The van der Waals surface area contributed by atoms with Gasteiger partial charge in [-0.3, -0.25) is 9.63 Å². The van der Waals surface area contributed by atoms with E-state index in [0.29, 0.717) is 19.8 Å². The molecule has 2 fully saturated rings. The molecule has 1 atom stereocenters. The number of hydroxylamine groups is 2. The lowest BCUT2D eigenvalue weighted by atomic mass is 10.0. The van der Waals surface area contributed by atoms with Gasteiger partial charge in [-0.1, -0.05) is 30.9 Å². The minimum Gasteiger partial charge on any atom is -0.380 e. The van der Waals surface area contributed by atoms with Crippen LogP contribution in [0.1, 0.15) is 13.3 Å². The second-order valence-electron chi connectivity index (χ2n) is 4.50. The van der Waals surface area contributed by atoms with Gasteiger partial charge in [-0.05, 0) is 12.5 Å². The van der Waals surface area contributed by atoms with Crippen LogP contribution >= 0.6 is 0 Å². The number of hydrogen-bond donors (Lipinski definition) is 0. The standard InChI is InChI=1S/C14H19NO3/c1-3-4-5-6-11(2)13-7-8-18-15(13)14(16)12-9-17-10-12/h3-6,12-13H,2,7-10H2,1H3/b4-3-,6-5-/t13-/m0/s1. The molecule has 2 aliphatic rings. The first-order chi connectivity index (χ1) is 8.74. The van der Waals surface area contributed by atoms with E-state index in [1.54, 1.807) is 0 Å². The van der Waals surface area contributed by atoms with Gasteiger partial charge in [-0.25, -0.2) is 5.06 Å². The van der Waals surface area contributed by atoms with E-state index in [-0.39, 0.29) is 17.9 Å². The highest BCUT2D eigenvalue weighted by Gasteiger charge is 2.38. The van der Waals surface area contributed by atoms with Gasteiger partial charge in [-0.15, -0.1) is 0 Å². The number of nitrogens with zero attached hydrogens (tertiary/aromatic N) is 1. The molecule has 0 aromatic rings. The normalized spacial score (nSPS) is 24.9. The predicted molar refractivity (Wildman–Crippen MR) is 68.6 cm³/mol.